The van der Waals surface area contributed by atoms with E-state index in [0.29, 0.717) is 12.8 Å². The molecule has 100 valence electrons. The van der Waals surface area contributed by atoms with Crippen LogP contribution in [0.4, 0.5) is 10.1 Å². The Morgan fingerprint density at radius 1 is 1.47 bits per heavy atom. The summed E-state index contributed by atoms with van der Waals surface area (Å²) in [5.74, 6) is -1.36. The maximum Gasteiger partial charge on any atom is 0.311 e. The van der Waals surface area contributed by atoms with Crippen LogP contribution in [0.2, 0.25) is 0 Å². The first-order valence-corrected chi connectivity index (χ1v) is 6.24. The van der Waals surface area contributed by atoms with E-state index in [4.69, 9.17) is 5.26 Å². The normalized spacial score (nSPS) is 16.8. The van der Waals surface area contributed by atoms with Crippen LogP contribution in [-0.2, 0) is 4.79 Å². The smallest absolute Gasteiger partial charge is 0.311 e. The molecular formula is C14H15FN2O2. The first-order valence-electron chi connectivity index (χ1n) is 6.24. The molecule has 1 aromatic rings. The summed E-state index contributed by atoms with van der Waals surface area (Å²) in [6, 6.07) is 5.98. The lowest BCUT2D eigenvalue weighted by Crippen LogP contribution is -2.35. The van der Waals surface area contributed by atoms with Crippen LogP contribution in [0, 0.1) is 22.6 Å². The molecule has 2 N–H and O–H groups in total. The molecule has 1 aromatic carbocycles. The summed E-state index contributed by atoms with van der Waals surface area (Å²) in [5, 5.41) is 20.8. The van der Waals surface area contributed by atoms with E-state index in [-0.39, 0.29) is 17.8 Å². The number of nitriles is 1. The molecule has 2 rings (SSSR count). The van der Waals surface area contributed by atoms with E-state index >= 15 is 0 Å². The average Bonchev–Trinajstić information content (AvgIpc) is 2.87. The summed E-state index contributed by atoms with van der Waals surface area (Å²) >= 11 is 0. The van der Waals surface area contributed by atoms with Crippen molar-refractivity contribution in [3.8, 4) is 6.07 Å². The second kappa shape index (κ2) is 5.27. The molecule has 4 nitrogen and oxygen atoms in total. The van der Waals surface area contributed by atoms with Crippen molar-refractivity contribution in [3.05, 3.63) is 29.6 Å². The molecule has 1 aliphatic carbocycles. The zero-order valence-electron chi connectivity index (χ0n) is 10.4. The summed E-state index contributed by atoms with van der Waals surface area (Å²) in [7, 11) is 0. The Hall–Kier alpha value is -2.09. The van der Waals surface area contributed by atoms with Crippen LogP contribution in [0.3, 0.4) is 0 Å². The monoisotopic (exact) mass is 262 g/mol. The molecule has 1 saturated carbocycles. The quantitative estimate of drug-likeness (QED) is 0.875. The van der Waals surface area contributed by atoms with Gasteiger partial charge in [0.05, 0.1) is 22.7 Å². The molecule has 0 aromatic heterocycles. The van der Waals surface area contributed by atoms with Crippen LogP contribution in [0.5, 0.6) is 0 Å². The molecule has 1 aliphatic rings. The molecule has 0 atom stereocenters. The number of halogens is 1. The first kappa shape index (κ1) is 13.3. The maximum absolute atomic E-state index is 13.7. The highest BCUT2D eigenvalue weighted by Crippen LogP contribution is 2.38. The van der Waals surface area contributed by atoms with E-state index in [1.807, 2.05) is 6.07 Å². The maximum atomic E-state index is 13.7. The highest BCUT2D eigenvalue weighted by atomic mass is 19.1. The molecule has 0 amide bonds. The first-order chi connectivity index (χ1) is 9.07. The number of benzene rings is 1. The summed E-state index contributed by atoms with van der Waals surface area (Å²) in [4.78, 5) is 11.4. The Morgan fingerprint density at radius 2 is 2.16 bits per heavy atom. The van der Waals surface area contributed by atoms with Gasteiger partial charge >= 0.3 is 5.97 Å². The summed E-state index contributed by atoms with van der Waals surface area (Å²) < 4.78 is 13.7. The van der Waals surface area contributed by atoms with E-state index in [9.17, 15) is 14.3 Å². The molecule has 19 heavy (non-hydrogen) atoms. The zero-order chi connectivity index (χ0) is 13.9. The fourth-order valence-corrected chi connectivity index (χ4v) is 2.51. The minimum Gasteiger partial charge on any atom is -0.481 e. The third-order valence-electron chi connectivity index (χ3n) is 3.73. The van der Waals surface area contributed by atoms with Crippen LogP contribution >= 0.6 is 0 Å². The molecule has 0 aliphatic heterocycles. The van der Waals surface area contributed by atoms with Gasteiger partial charge in [0.25, 0.3) is 0 Å². The largest absolute Gasteiger partial charge is 0.481 e. The highest BCUT2D eigenvalue weighted by Gasteiger charge is 2.41. The van der Waals surface area contributed by atoms with Crippen molar-refractivity contribution in [2.75, 3.05) is 11.9 Å². The Labute approximate surface area is 110 Å². The van der Waals surface area contributed by atoms with Gasteiger partial charge in [-0.2, -0.15) is 5.26 Å². The summed E-state index contributed by atoms with van der Waals surface area (Å²) in [5.41, 5.74) is -0.302. The van der Waals surface area contributed by atoms with Crippen molar-refractivity contribution >= 4 is 11.7 Å². The Morgan fingerprint density at radius 3 is 2.68 bits per heavy atom. The predicted molar refractivity (Wildman–Crippen MR) is 68.1 cm³/mol. The van der Waals surface area contributed by atoms with Gasteiger partial charge in [0.2, 0.25) is 0 Å². The number of carboxylic acids is 1. The number of nitrogens with one attached hydrogen (secondary N) is 1. The van der Waals surface area contributed by atoms with E-state index in [1.54, 1.807) is 0 Å². The van der Waals surface area contributed by atoms with E-state index in [2.05, 4.69) is 5.32 Å². The molecule has 0 saturated heterocycles. The topological polar surface area (TPSA) is 73.1 Å². The number of rotatable bonds is 4. The number of hydrogen-bond donors (Lipinski definition) is 2. The van der Waals surface area contributed by atoms with Crippen molar-refractivity contribution < 1.29 is 14.3 Å². The lowest BCUT2D eigenvalue weighted by atomic mass is 9.86. The Balaban J connectivity index is 2.10. The molecule has 0 bridgehead atoms. The van der Waals surface area contributed by atoms with Gasteiger partial charge in [-0.1, -0.05) is 12.8 Å². The molecule has 0 unspecified atom stereocenters. The second-order valence-electron chi connectivity index (χ2n) is 4.95. The van der Waals surface area contributed by atoms with Gasteiger partial charge in [-0.05, 0) is 31.0 Å². The van der Waals surface area contributed by atoms with Crippen molar-refractivity contribution in [2.45, 2.75) is 25.7 Å². The molecule has 0 heterocycles. The molecule has 1 fully saturated rings. The Kier molecular flexibility index (Phi) is 3.70. The standard InChI is InChI=1S/C14H15FN2O2/c15-11-7-10(8-16)3-4-12(11)17-9-14(13(18)19)5-1-2-6-14/h3-4,7,17H,1-2,5-6,9H2,(H,18,19). The second-order valence-corrected chi connectivity index (χ2v) is 4.95. The number of anilines is 1. The minimum atomic E-state index is -0.827. The molecular weight excluding hydrogens is 247 g/mol. The number of carbonyl (C=O) groups is 1. The zero-order valence-corrected chi connectivity index (χ0v) is 10.4. The average molecular weight is 262 g/mol. The van der Waals surface area contributed by atoms with Gasteiger partial charge in [0.15, 0.2) is 0 Å². The van der Waals surface area contributed by atoms with Crippen LogP contribution in [0.15, 0.2) is 18.2 Å². The van der Waals surface area contributed by atoms with Crippen LogP contribution in [-0.4, -0.2) is 17.6 Å². The summed E-state index contributed by atoms with van der Waals surface area (Å²) in [6.07, 6.45) is 3.02. The van der Waals surface area contributed by atoms with E-state index in [0.717, 1.165) is 18.9 Å². The number of carboxylic acid groups (broad SMARTS) is 1. The van der Waals surface area contributed by atoms with Crippen LogP contribution < -0.4 is 5.32 Å². The number of nitrogens with zero attached hydrogens (tertiary/aromatic N) is 1. The lowest BCUT2D eigenvalue weighted by Gasteiger charge is -2.24. The predicted octanol–water partition coefficient (Wildman–Crippen LogP) is 2.75. The van der Waals surface area contributed by atoms with Crippen molar-refractivity contribution in [1.29, 1.82) is 5.26 Å². The highest BCUT2D eigenvalue weighted by molar-refractivity contribution is 5.76. The van der Waals surface area contributed by atoms with Gasteiger partial charge in [0, 0.05) is 6.54 Å². The van der Waals surface area contributed by atoms with Gasteiger partial charge in [-0.25, -0.2) is 4.39 Å². The van der Waals surface area contributed by atoms with Crippen molar-refractivity contribution in [1.82, 2.24) is 0 Å². The van der Waals surface area contributed by atoms with Gasteiger partial charge in [-0.15, -0.1) is 0 Å². The van der Waals surface area contributed by atoms with Gasteiger partial charge in [-0.3, -0.25) is 4.79 Å². The molecule has 5 heteroatoms. The summed E-state index contributed by atoms with van der Waals surface area (Å²) in [6.45, 7) is 0.213. The Bertz CT molecular complexity index is 531. The van der Waals surface area contributed by atoms with E-state index < -0.39 is 17.2 Å². The molecule has 0 spiro atoms. The van der Waals surface area contributed by atoms with Crippen LogP contribution in [0.1, 0.15) is 31.2 Å². The van der Waals surface area contributed by atoms with Crippen LogP contribution in [0.25, 0.3) is 0 Å². The SMILES string of the molecule is N#Cc1ccc(NCC2(C(=O)O)CCCC2)c(F)c1. The minimum absolute atomic E-state index is 0.213. The van der Waals surface area contributed by atoms with Gasteiger partial charge < -0.3 is 10.4 Å². The third-order valence-corrected chi connectivity index (χ3v) is 3.73. The number of hydrogen-bond acceptors (Lipinski definition) is 3. The fraction of sp³-hybridized carbons (Fsp3) is 0.429. The van der Waals surface area contributed by atoms with Crippen molar-refractivity contribution in [2.24, 2.45) is 5.41 Å². The molecule has 0 radical (unpaired) electrons. The number of aliphatic carboxylic acids is 1. The van der Waals surface area contributed by atoms with Gasteiger partial charge in [0.1, 0.15) is 5.82 Å². The van der Waals surface area contributed by atoms with Crippen molar-refractivity contribution in [3.63, 3.8) is 0 Å². The third kappa shape index (κ3) is 2.68. The lowest BCUT2D eigenvalue weighted by molar-refractivity contribution is -0.147. The van der Waals surface area contributed by atoms with E-state index in [1.165, 1.54) is 12.1 Å². The fourth-order valence-electron chi connectivity index (χ4n) is 2.51.